The van der Waals surface area contributed by atoms with Gasteiger partial charge in [-0.25, -0.2) is 31.5 Å². The normalized spacial score (nSPS) is 22.5. The molecular weight excluding hydrogens is 773 g/mol. The molecule has 304 valence electrons. The number of piperidine rings is 1. The minimum atomic E-state index is -4.60. The van der Waals surface area contributed by atoms with Gasteiger partial charge in [-0.15, -0.1) is 0 Å². The van der Waals surface area contributed by atoms with E-state index in [0.29, 0.717) is 48.9 Å². The van der Waals surface area contributed by atoms with E-state index in [-0.39, 0.29) is 34.1 Å². The van der Waals surface area contributed by atoms with E-state index in [1.54, 1.807) is 24.4 Å². The van der Waals surface area contributed by atoms with Crippen LogP contribution in [0.4, 0.5) is 17.2 Å². The van der Waals surface area contributed by atoms with Gasteiger partial charge in [0.15, 0.2) is 9.84 Å². The van der Waals surface area contributed by atoms with Crippen molar-refractivity contribution in [1.29, 1.82) is 0 Å². The van der Waals surface area contributed by atoms with Gasteiger partial charge in [0.25, 0.3) is 15.9 Å². The van der Waals surface area contributed by atoms with Crippen molar-refractivity contribution in [2.75, 3.05) is 54.4 Å². The number of hydrogen-bond donors (Lipinski definition) is 3. The third kappa shape index (κ3) is 8.57. The van der Waals surface area contributed by atoms with Gasteiger partial charge in [0, 0.05) is 68.2 Å². The molecular formula is C39H48N8O8S2. The second-order valence-corrected chi connectivity index (χ2v) is 20.3. The number of nitrogens with one attached hydrogen (secondary N) is 3. The average Bonchev–Trinajstić information content (AvgIpc) is 3.65. The van der Waals surface area contributed by atoms with Crippen LogP contribution in [-0.2, 0) is 19.9 Å². The van der Waals surface area contributed by atoms with Gasteiger partial charge in [0.1, 0.15) is 22.0 Å². The number of carbonyl (C=O) groups is 1. The fourth-order valence-corrected chi connectivity index (χ4v) is 11.0. The van der Waals surface area contributed by atoms with Crippen LogP contribution in [0.2, 0.25) is 0 Å². The lowest BCUT2D eigenvalue weighted by Gasteiger charge is -2.56. The Labute approximate surface area is 331 Å². The number of sulfonamides is 1. The summed E-state index contributed by atoms with van der Waals surface area (Å²) in [6.07, 6.45) is 12.5. The van der Waals surface area contributed by atoms with Crippen LogP contribution in [0.25, 0.3) is 11.0 Å². The minimum Gasteiger partial charge on any atom is -0.455 e. The first-order valence-electron chi connectivity index (χ1n) is 19.6. The monoisotopic (exact) mass is 820 g/mol. The predicted octanol–water partition coefficient (Wildman–Crippen LogP) is 5.49. The molecule has 0 bridgehead atoms. The van der Waals surface area contributed by atoms with Crippen LogP contribution in [0.15, 0.2) is 59.9 Å². The van der Waals surface area contributed by atoms with E-state index in [9.17, 15) is 31.7 Å². The Kier molecular flexibility index (Phi) is 10.6. The Morgan fingerprint density at radius 1 is 1.02 bits per heavy atom. The Morgan fingerprint density at radius 2 is 1.75 bits per heavy atom. The zero-order chi connectivity index (χ0) is 40.0. The summed E-state index contributed by atoms with van der Waals surface area (Å²) in [4.78, 5) is 40.7. The number of nitro groups is 1. The van der Waals surface area contributed by atoms with E-state index in [0.717, 1.165) is 87.8 Å². The quantitative estimate of drug-likeness (QED) is 0.126. The maximum absolute atomic E-state index is 13.8. The molecule has 4 aromatic rings. The number of pyridine rings is 2. The van der Waals surface area contributed by atoms with Crippen molar-refractivity contribution in [1.82, 2.24) is 24.6 Å². The second kappa shape index (κ2) is 15.5. The second-order valence-electron chi connectivity index (χ2n) is 16.3. The number of amides is 1. The van der Waals surface area contributed by atoms with Gasteiger partial charge in [0.05, 0.1) is 34.4 Å². The lowest BCUT2D eigenvalue weighted by atomic mass is 9.60. The van der Waals surface area contributed by atoms with E-state index in [1.807, 2.05) is 6.07 Å². The fraction of sp³-hybridized carbons (Fsp3) is 0.513. The molecule has 1 spiro atoms. The molecule has 18 heteroatoms. The van der Waals surface area contributed by atoms with Crippen LogP contribution >= 0.6 is 0 Å². The van der Waals surface area contributed by atoms with E-state index in [4.69, 9.17) is 4.74 Å². The molecule has 1 aromatic carbocycles. The molecule has 5 heterocycles. The lowest BCUT2D eigenvalue weighted by molar-refractivity contribution is -0.384. The Bertz CT molecular complexity index is 2370. The summed E-state index contributed by atoms with van der Waals surface area (Å²) >= 11 is 0. The van der Waals surface area contributed by atoms with E-state index in [2.05, 4.69) is 41.7 Å². The Balaban J connectivity index is 0.979. The van der Waals surface area contributed by atoms with Crippen LogP contribution in [0.5, 0.6) is 11.5 Å². The first-order valence-corrected chi connectivity index (χ1v) is 23.0. The highest BCUT2D eigenvalue weighted by molar-refractivity contribution is 7.91. The first kappa shape index (κ1) is 39.0. The molecule has 2 saturated heterocycles. The van der Waals surface area contributed by atoms with E-state index < -0.39 is 41.3 Å². The largest absolute Gasteiger partial charge is 0.455 e. The number of carbonyl (C=O) groups excluding carboxylic acids is 1. The maximum atomic E-state index is 13.8. The van der Waals surface area contributed by atoms with Crippen LogP contribution in [0.3, 0.4) is 0 Å². The molecule has 0 unspecified atom stereocenters. The summed E-state index contributed by atoms with van der Waals surface area (Å²) in [6.45, 7) is 5.45. The Morgan fingerprint density at radius 3 is 2.47 bits per heavy atom. The number of H-pyrrole nitrogens is 1. The predicted molar refractivity (Wildman–Crippen MR) is 215 cm³/mol. The highest BCUT2D eigenvalue weighted by Gasteiger charge is 2.48. The summed E-state index contributed by atoms with van der Waals surface area (Å²) in [7, 11) is -7.52. The number of aromatic amines is 1. The summed E-state index contributed by atoms with van der Waals surface area (Å²) in [5.41, 5.74) is 1.11. The third-order valence-corrected chi connectivity index (χ3v) is 15.4. The smallest absolute Gasteiger partial charge is 0.312 e. The minimum absolute atomic E-state index is 0.0245. The number of anilines is 2. The molecule has 3 aromatic heterocycles. The number of fused-ring (bicyclic) bond motifs is 1. The topological polar surface area (TPSA) is 210 Å². The van der Waals surface area contributed by atoms with Crippen molar-refractivity contribution in [3.8, 4) is 11.5 Å². The highest BCUT2D eigenvalue weighted by Crippen LogP contribution is 2.51. The van der Waals surface area contributed by atoms with Crippen LogP contribution in [0.1, 0.15) is 68.6 Å². The van der Waals surface area contributed by atoms with Crippen molar-refractivity contribution in [2.45, 2.75) is 69.2 Å². The van der Waals surface area contributed by atoms with Gasteiger partial charge >= 0.3 is 5.69 Å². The molecule has 8 rings (SSSR count). The van der Waals surface area contributed by atoms with Crippen LogP contribution in [-0.4, -0.2) is 97.8 Å². The summed E-state index contributed by atoms with van der Waals surface area (Å²) in [5.74, 6) is 0.902. The molecule has 1 amide bonds. The van der Waals surface area contributed by atoms with Crippen molar-refractivity contribution < 1.29 is 31.3 Å². The molecule has 0 atom stereocenters. The maximum Gasteiger partial charge on any atom is 0.312 e. The van der Waals surface area contributed by atoms with Gasteiger partial charge in [-0.2, -0.15) is 0 Å². The molecule has 16 nitrogen and oxygen atoms in total. The van der Waals surface area contributed by atoms with Crippen molar-refractivity contribution in [2.24, 2.45) is 17.3 Å². The summed E-state index contributed by atoms with van der Waals surface area (Å²) < 4.78 is 59.3. The first-order chi connectivity index (χ1) is 27.2. The van der Waals surface area contributed by atoms with Gasteiger partial charge in [-0.05, 0) is 80.0 Å². The molecule has 2 aliphatic carbocycles. The molecule has 3 N–H and O–H groups in total. The molecule has 57 heavy (non-hydrogen) atoms. The fourth-order valence-electron chi connectivity index (χ4n) is 8.89. The summed E-state index contributed by atoms with van der Waals surface area (Å²) in [6, 6.07) is 9.92. The van der Waals surface area contributed by atoms with Crippen LogP contribution < -0.4 is 19.7 Å². The van der Waals surface area contributed by atoms with Gasteiger partial charge in [0.2, 0.25) is 5.82 Å². The number of aromatic nitrogens is 3. The van der Waals surface area contributed by atoms with Crippen LogP contribution in [0, 0.1) is 27.4 Å². The molecule has 2 saturated carbocycles. The standard InChI is InChI=1S/C39H48N8O8S2/c1-26-2-4-27(5-3-26)23-41-37-34(47(49)50)20-32(25-43-37)57(53,54)44-38(48)33-7-6-29(19-35(33)55-31-18-28-8-11-40-36(28)42-24-31)45-12-9-39(10-13-45)21-30(22-39)46-14-16-56(51,52)17-15-46/h6-8,11,18-20,24-27,30H,2-5,9-10,12-17,21-23H2,1H3,(H,40,42)(H,41,43)(H,44,48)/t26-,27+. The number of hydrogen-bond acceptors (Lipinski definition) is 13. The number of rotatable bonds is 11. The average molecular weight is 821 g/mol. The zero-order valence-electron chi connectivity index (χ0n) is 31.9. The zero-order valence-corrected chi connectivity index (χ0v) is 33.5. The lowest BCUT2D eigenvalue weighted by Crippen LogP contribution is -2.57. The number of ether oxygens (including phenoxy) is 1. The third-order valence-electron chi connectivity index (χ3n) is 12.5. The Hall–Kier alpha value is -4.81. The van der Waals surface area contributed by atoms with Crippen molar-refractivity contribution in [3.63, 3.8) is 0 Å². The molecule has 2 aliphatic heterocycles. The van der Waals surface area contributed by atoms with Gasteiger partial charge in [-0.3, -0.25) is 19.8 Å². The molecule has 0 radical (unpaired) electrons. The number of nitrogens with zero attached hydrogens (tertiary/aromatic N) is 5. The van der Waals surface area contributed by atoms with Crippen molar-refractivity contribution >= 4 is 54.0 Å². The summed E-state index contributed by atoms with van der Waals surface area (Å²) in [5, 5.41) is 15.9. The van der Waals surface area contributed by atoms with Crippen molar-refractivity contribution in [3.05, 3.63) is 70.7 Å². The molecule has 4 fully saturated rings. The van der Waals surface area contributed by atoms with Gasteiger partial charge < -0.3 is 19.9 Å². The number of sulfone groups is 1. The SMILES string of the molecule is C[C@H]1CC[C@@H](CNc2ncc(S(=O)(=O)NC(=O)c3ccc(N4CCC5(CC4)CC(N4CCS(=O)(=O)CC4)C5)cc3Oc3cnc4[nH]ccc4c3)cc2[N+](=O)[O-])CC1. The molecule has 4 aliphatic rings. The van der Waals surface area contributed by atoms with E-state index in [1.165, 1.54) is 12.3 Å². The number of benzene rings is 1. The highest BCUT2D eigenvalue weighted by atomic mass is 32.2. The van der Waals surface area contributed by atoms with Gasteiger partial charge in [-0.1, -0.05) is 19.8 Å². The van der Waals surface area contributed by atoms with E-state index >= 15 is 0 Å².